The number of aryl methyl sites for hydroxylation is 1. The third-order valence-electron chi connectivity index (χ3n) is 2.34. The first kappa shape index (κ1) is 11.4. The minimum Gasteiger partial charge on any atom is -0.384 e. The number of nitrogens with zero attached hydrogens (tertiary/aromatic N) is 2. The second-order valence-corrected chi connectivity index (χ2v) is 3.55. The Morgan fingerprint density at radius 1 is 1.24 bits per heavy atom. The van der Waals surface area contributed by atoms with Crippen LogP contribution in [0.25, 0.3) is 11.3 Å². The summed E-state index contributed by atoms with van der Waals surface area (Å²) in [6, 6.07) is 5.37. The van der Waals surface area contributed by atoms with E-state index in [4.69, 9.17) is 5.73 Å². The zero-order valence-corrected chi connectivity index (χ0v) is 9.24. The Bertz CT molecular complexity index is 555. The van der Waals surface area contributed by atoms with Gasteiger partial charge in [0.05, 0.1) is 5.69 Å². The van der Waals surface area contributed by atoms with Crippen LogP contribution in [0.5, 0.6) is 0 Å². The first-order chi connectivity index (χ1) is 8.11. The molecule has 1 aromatic carbocycles. The van der Waals surface area contributed by atoms with Gasteiger partial charge in [0.2, 0.25) is 0 Å². The zero-order chi connectivity index (χ0) is 12.4. The predicted molar refractivity (Wildman–Crippen MR) is 61.2 cm³/mol. The Balaban J connectivity index is 2.60. The molecule has 5 heteroatoms. The smallest absolute Gasteiger partial charge is 0.168 e. The highest BCUT2D eigenvalue weighted by atomic mass is 19.2. The number of halogens is 2. The Kier molecular flexibility index (Phi) is 2.99. The van der Waals surface area contributed by atoms with Gasteiger partial charge in [-0.05, 0) is 12.1 Å². The third kappa shape index (κ3) is 2.22. The lowest BCUT2D eigenvalue weighted by atomic mass is 10.1. The number of hydrogen-bond donors (Lipinski definition) is 1. The van der Waals surface area contributed by atoms with Gasteiger partial charge in [-0.15, -0.1) is 0 Å². The fraction of sp³-hybridized carbons (Fsp3) is 0.167. The lowest BCUT2D eigenvalue weighted by molar-refractivity contribution is 0.511. The molecule has 0 radical (unpaired) electrons. The van der Waals surface area contributed by atoms with Crippen molar-refractivity contribution >= 4 is 5.82 Å². The van der Waals surface area contributed by atoms with Gasteiger partial charge in [-0.25, -0.2) is 18.7 Å². The van der Waals surface area contributed by atoms with Crippen LogP contribution in [0.2, 0.25) is 0 Å². The summed E-state index contributed by atoms with van der Waals surface area (Å²) in [4.78, 5) is 8.11. The Hall–Kier alpha value is -2.04. The van der Waals surface area contributed by atoms with Crippen molar-refractivity contribution in [2.45, 2.75) is 13.3 Å². The number of nitrogens with two attached hydrogens (primary N) is 1. The van der Waals surface area contributed by atoms with Gasteiger partial charge in [0.15, 0.2) is 11.6 Å². The number of benzene rings is 1. The van der Waals surface area contributed by atoms with E-state index in [1.54, 1.807) is 0 Å². The van der Waals surface area contributed by atoms with Crippen LogP contribution in [-0.2, 0) is 6.42 Å². The van der Waals surface area contributed by atoms with E-state index in [-0.39, 0.29) is 11.4 Å². The molecule has 3 nitrogen and oxygen atoms in total. The molecule has 2 N–H and O–H groups in total. The molecule has 0 saturated heterocycles. The van der Waals surface area contributed by atoms with Gasteiger partial charge in [-0.2, -0.15) is 0 Å². The summed E-state index contributed by atoms with van der Waals surface area (Å²) in [5, 5.41) is 0. The summed E-state index contributed by atoms with van der Waals surface area (Å²) in [6.07, 6.45) is 0.578. The third-order valence-corrected chi connectivity index (χ3v) is 2.34. The van der Waals surface area contributed by atoms with Gasteiger partial charge in [0.25, 0.3) is 0 Å². The van der Waals surface area contributed by atoms with Crippen LogP contribution in [0, 0.1) is 11.6 Å². The standard InChI is InChI=1S/C12H11F2N3/c1-2-11-16-9(6-10(15)17-11)7-4-3-5-8(13)12(7)14/h3-6H,2H2,1H3,(H2,15,16,17). The van der Waals surface area contributed by atoms with Crippen LogP contribution in [0.1, 0.15) is 12.7 Å². The Morgan fingerprint density at radius 3 is 2.71 bits per heavy atom. The molecule has 1 heterocycles. The van der Waals surface area contributed by atoms with E-state index in [0.29, 0.717) is 17.9 Å². The van der Waals surface area contributed by atoms with E-state index in [9.17, 15) is 8.78 Å². The maximum absolute atomic E-state index is 13.6. The number of aromatic nitrogens is 2. The number of rotatable bonds is 2. The molecule has 0 saturated carbocycles. The molecule has 0 spiro atoms. The molecule has 0 atom stereocenters. The molecule has 1 aromatic heterocycles. The van der Waals surface area contributed by atoms with E-state index in [1.807, 2.05) is 6.92 Å². The average molecular weight is 235 g/mol. The molecule has 88 valence electrons. The highest BCUT2D eigenvalue weighted by Gasteiger charge is 2.12. The van der Waals surface area contributed by atoms with Crippen molar-refractivity contribution in [3.63, 3.8) is 0 Å². The van der Waals surface area contributed by atoms with Crippen LogP contribution in [0.4, 0.5) is 14.6 Å². The van der Waals surface area contributed by atoms with E-state index >= 15 is 0 Å². The number of nitrogen functional groups attached to an aromatic ring is 1. The minimum atomic E-state index is -0.923. The van der Waals surface area contributed by atoms with Crippen LogP contribution in [-0.4, -0.2) is 9.97 Å². The lowest BCUT2D eigenvalue weighted by Gasteiger charge is -2.06. The molecular weight excluding hydrogens is 224 g/mol. The van der Waals surface area contributed by atoms with Crippen LogP contribution in [0.3, 0.4) is 0 Å². The largest absolute Gasteiger partial charge is 0.384 e. The SMILES string of the molecule is CCc1nc(N)cc(-c2cccc(F)c2F)n1. The second kappa shape index (κ2) is 4.45. The highest BCUT2D eigenvalue weighted by molar-refractivity contribution is 5.62. The molecule has 17 heavy (non-hydrogen) atoms. The molecule has 0 aliphatic carbocycles. The topological polar surface area (TPSA) is 51.8 Å². The van der Waals surface area contributed by atoms with Crippen molar-refractivity contribution in [2.24, 2.45) is 0 Å². The molecule has 0 bridgehead atoms. The summed E-state index contributed by atoms with van der Waals surface area (Å²) < 4.78 is 26.7. The average Bonchev–Trinajstić information content (AvgIpc) is 2.31. The summed E-state index contributed by atoms with van der Waals surface area (Å²) in [5.41, 5.74) is 5.98. The molecule has 0 aliphatic rings. The molecule has 2 rings (SSSR count). The summed E-state index contributed by atoms with van der Waals surface area (Å²) >= 11 is 0. The van der Waals surface area contributed by atoms with Crippen molar-refractivity contribution in [3.05, 3.63) is 41.7 Å². The van der Waals surface area contributed by atoms with Crippen LogP contribution >= 0.6 is 0 Å². The summed E-state index contributed by atoms with van der Waals surface area (Å²) in [5.74, 6) is -1.08. The Labute approximate surface area is 97.3 Å². The molecule has 0 aliphatic heterocycles. The lowest BCUT2D eigenvalue weighted by Crippen LogP contribution is -2.01. The van der Waals surface area contributed by atoms with Crippen LogP contribution < -0.4 is 5.73 Å². The van der Waals surface area contributed by atoms with Gasteiger partial charge in [-0.1, -0.05) is 13.0 Å². The molecule has 0 unspecified atom stereocenters. The van der Waals surface area contributed by atoms with E-state index in [2.05, 4.69) is 9.97 Å². The van der Waals surface area contributed by atoms with E-state index < -0.39 is 11.6 Å². The molecule has 2 aromatic rings. The summed E-state index contributed by atoms with van der Waals surface area (Å²) in [7, 11) is 0. The van der Waals surface area contributed by atoms with Gasteiger partial charge in [0.1, 0.15) is 11.6 Å². The van der Waals surface area contributed by atoms with Gasteiger partial charge in [-0.3, -0.25) is 0 Å². The van der Waals surface area contributed by atoms with Crippen molar-refractivity contribution in [2.75, 3.05) is 5.73 Å². The summed E-state index contributed by atoms with van der Waals surface area (Å²) in [6.45, 7) is 1.86. The fourth-order valence-corrected chi connectivity index (χ4v) is 1.52. The van der Waals surface area contributed by atoms with E-state index in [1.165, 1.54) is 18.2 Å². The quantitative estimate of drug-likeness (QED) is 0.870. The van der Waals surface area contributed by atoms with Gasteiger partial charge < -0.3 is 5.73 Å². The number of anilines is 1. The first-order valence-corrected chi connectivity index (χ1v) is 5.19. The monoisotopic (exact) mass is 235 g/mol. The second-order valence-electron chi connectivity index (χ2n) is 3.55. The molecule has 0 fully saturated rings. The predicted octanol–water partition coefficient (Wildman–Crippen LogP) is 2.57. The van der Waals surface area contributed by atoms with Crippen molar-refractivity contribution in [3.8, 4) is 11.3 Å². The Morgan fingerprint density at radius 2 is 2.00 bits per heavy atom. The maximum atomic E-state index is 13.6. The van der Waals surface area contributed by atoms with Crippen molar-refractivity contribution in [1.82, 2.24) is 9.97 Å². The van der Waals surface area contributed by atoms with Crippen molar-refractivity contribution in [1.29, 1.82) is 0 Å². The first-order valence-electron chi connectivity index (χ1n) is 5.19. The van der Waals surface area contributed by atoms with E-state index in [0.717, 1.165) is 6.07 Å². The normalized spacial score (nSPS) is 10.5. The maximum Gasteiger partial charge on any atom is 0.168 e. The van der Waals surface area contributed by atoms with Crippen molar-refractivity contribution < 1.29 is 8.78 Å². The highest BCUT2D eigenvalue weighted by Crippen LogP contribution is 2.23. The van der Waals surface area contributed by atoms with Crippen LogP contribution in [0.15, 0.2) is 24.3 Å². The van der Waals surface area contributed by atoms with Gasteiger partial charge >= 0.3 is 0 Å². The fourth-order valence-electron chi connectivity index (χ4n) is 1.52. The minimum absolute atomic E-state index is 0.0915. The van der Waals surface area contributed by atoms with Gasteiger partial charge in [0, 0.05) is 18.1 Å². The molecular formula is C12H11F2N3. The zero-order valence-electron chi connectivity index (χ0n) is 9.24. The number of hydrogen-bond acceptors (Lipinski definition) is 3. The molecule has 0 amide bonds.